The van der Waals surface area contributed by atoms with Gasteiger partial charge >= 0.3 is 0 Å². The lowest BCUT2D eigenvalue weighted by atomic mass is 10.2. The van der Waals surface area contributed by atoms with E-state index < -0.39 is 0 Å². The van der Waals surface area contributed by atoms with Gasteiger partial charge in [0.25, 0.3) is 0 Å². The van der Waals surface area contributed by atoms with Crippen molar-refractivity contribution in [1.29, 1.82) is 0 Å². The van der Waals surface area contributed by atoms with Crippen LogP contribution in [-0.2, 0) is 0 Å². The van der Waals surface area contributed by atoms with Gasteiger partial charge in [0.15, 0.2) is 0 Å². The first-order valence-electron chi connectivity index (χ1n) is 5.80. The van der Waals surface area contributed by atoms with E-state index in [1.165, 1.54) is 0 Å². The van der Waals surface area contributed by atoms with Crippen molar-refractivity contribution >= 4 is 46.1 Å². The van der Waals surface area contributed by atoms with Crippen LogP contribution in [0, 0.1) is 0 Å². The van der Waals surface area contributed by atoms with Crippen LogP contribution < -0.4 is 0 Å². The zero-order valence-electron chi connectivity index (χ0n) is 10.1. The summed E-state index contributed by atoms with van der Waals surface area (Å²) in [5.41, 5.74) is 2.70. The summed E-state index contributed by atoms with van der Waals surface area (Å²) in [5.74, 6) is 0. The minimum absolute atomic E-state index is 0.641. The minimum atomic E-state index is 0.641. The Labute approximate surface area is 135 Å². The summed E-state index contributed by atoms with van der Waals surface area (Å²) in [5, 5.41) is 4.89. The van der Waals surface area contributed by atoms with E-state index in [1.54, 1.807) is 23.5 Å². The Kier molecular flexibility index (Phi) is 3.99. The van der Waals surface area contributed by atoms with Crippen LogP contribution in [0.5, 0.6) is 0 Å². The maximum Gasteiger partial charge on any atom is 0.124 e. The fraction of sp³-hybridized carbons (Fsp3) is 0. The van der Waals surface area contributed by atoms with Gasteiger partial charge in [-0.2, -0.15) is 0 Å². The van der Waals surface area contributed by atoms with Crippen molar-refractivity contribution in [2.75, 3.05) is 0 Å². The molecule has 0 amide bonds. The van der Waals surface area contributed by atoms with Gasteiger partial charge < -0.3 is 0 Å². The van der Waals surface area contributed by atoms with Crippen LogP contribution >= 0.6 is 46.1 Å². The third kappa shape index (κ3) is 2.84. The second-order valence-electron chi connectivity index (χ2n) is 4.17. The van der Waals surface area contributed by atoms with Crippen molar-refractivity contribution < 1.29 is 0 Å². The molecule has 1 aromatic heterocycles. The summed E-state index contributed by atoms with van der Waals surface area (Å²) in [6.07, 6.45) is 0. The first-order chi connectivity index (χ1) is 9.63. The summed E-state index contributed by atoms with van der Waals surface area (Å²) in [4.78, 5) is 4.61. The van der Waals surface area contributed by atoms with Crippen LogP contribution in [0.25, 0.3) is 21.8 Å². The molecule has 0 unspecified atom stereocenters. The highest BCUT2D eigenvalue weighted by Gasteiger charge is 2.10. The Morgan fingerprint density at radius 1 is 0.850 bits per heavy atom. The van der Waals surface area contributed by atoms with Crippen LogP contribution in [0.4, 0.5) is 0 Å². The molecule has 20 heavy (non-hydrogen) atoms. The second kappa shape index (κ2) is 5.74. The van der Waals surface area contributed by atoms with E-state index in [4.69, 9.17) is 34.8 Å². The average molecular weight is 341 g/mol. The number of hydrogen-bond acceptors (Lipinski definition) is 2. The summed E-state index contributed by atoms with van der Waals surface area (Å²) in [7, 11) is 0. The quantitative estimate of drug-likeness (QED) is 0.523. The van der Waals surface area contributed by atoms with Gasteiger partial charge in [0.1, 0.15) is 5.01 Å². The minimum Gasteiger partial charge on any atom is -0.236 e. The third-order valence-corrected chi connectivity index (χ3v) is 4.51. The van der Waals surface area contributed by atoms with Crippen molar-refractivity contribution in [3.05, 3.63) is 62.9 Å². The van der Waals surface area contributed by atoms with E-state index in [-0.39, 0.29) is 0 Å². The summed E-state index contributed by atoms with van der Waals surface area (Å²) in [6.45, 7) is 0. The molecule has 0 atom stereocenters. The Balaban J connectivity index is 2.01. The van der Waals surface area contributed by atoms with Crippen molar-refractivity contribution in [3.63, 3.8) is 0 Å². The van der Waals surface area contributed by atoms with Crippen LogP contribution in [0.2, 0.25) is 15.1 Å². The zero-order chi connectivity index (χ0) is 14.1. The highest BCUT2D eigenvalue weighted by atomic mass is 35.5. The summed E-state index contributed by atoms with van der Waals surface area (Å²) >= 11 is 19.7. The predicted octanol–water partition coefficient (Wildman–Crippen LogP) is 6.44. The summed E-state index contributed by atoms with van der Waals surface area (Å²) in [6, 6.07) is 13.0. The lowest BCUT2D eigenvalue weighted by Crippen LogP contribution is -1.81. The fourth-order valence-corrected chi connectivity index (χ4v) is 3.15. The molecule has 3 rings (SSSR count). The maximum atomic E-state index is 6.20. The van der Waals surface area contributed by atoms with Crippen molar-refractivity contribution in [2.45, 2.75) is 0 Å². The standard InChI is InChI=1S/C15H8Cl3NS/c16-10-3-1-9(2-4-10)15-19-14(8-20-15)12-7-11(17)5-6-13(12)18/h1-8H. The molecule has 0 saturated heterocycles. The van der Waals surface area contributed by atoms with Gasteiger partial charge in [-0.05, 0) is 30.3 Å². The Morgan fingerprint density at radius 3 is 2.30 bits per heavy atom. The van der Waals surface area contributed by atoms with Gasteiger partial charge in [0.05, 0.1) is 10.7 Å². The smallest absolute Gasteiger partial charge is 0.124 e. The van der Waals surface area contributed by atoms with Gasteiger partial charge in [-0.25, -0.2) is 4.98 Å². The van der Waals surface area contributed by atoms with Crippen molar-refractivity contribution in [2.24, 2.45) is 0 Å². The number of rotatable bonds is 2. The second-order valence-corrected chi connectivity index (χ2v) is 6.31. The van der Waals surface area contributed by atoms with E-state index in [0.29, 0.717) is 15.1 Å². The number of benzene rings is 2. The number of aromatic nitrogens is 1. The van der Waals surface area contributed by atoms with E-state index in [9.17, 15) is 0 Å². The molecule has 0 spiro atoms. The molecule has 0 saturated carbocycles. The van der Waals surface area contributed by atoms with Crippen LogP contribution in [0.15, 0.2) is 47.8 Å². The molecule has 3 aromatic rings. The van der Waals surface area contributed by atoms with Crippen LogP contribution in [0.1, 0.15) is 0 Å². The van der Waals surface area contributed by atoms with E-state index in [2.05, 4.69) is 4.98 Å². The maximum absolute atomic E-state index is 6.20. The summed E-state index contributed by atoms with van der Waals surface area (Å²) < 4.78 is 0. The third-order valence-electron chi connectivity index (χ3n) is 2.80. The molecule has 0 radical (unpaired) electrons. The van der Waals surface area contributed by atoms with E-state index >= 15 is 0 Å². The molecule has 1 heterocycles. The molecular weight excluding hydrogens is 333 g/mol. The van der Waals surface area contributed by atoms with Gasteiger partial charge in [0.2, 0.25) is 0 Å². The van der Waals surface area contributed by atoms with Crippen LogP contribution in [-0.4, -0.2) is 4.98 Å². The molecule has 5 heteroatoms. The molecule has 0 N–H and O–H groups in total. The van der Waals surface area contributed by atoms with Gasteiger partial charge in [-0.15, -0.1) is 11.3 Å². The first kappa shape index (κ1) is 13.9. The van der Waals surface area contributed by atoms with Gasteiger partial charge in [-0.3, -0.25) is 0 Å². The molecule has 0 aliphatic rings. The normalized spacial score (nSPS) is 10.8. The van der Waals surface area contributed by atoms with Gasteiger partial charge in [-0.1, -0.05) is 46.9 Å². The Morgan fingerprint density at radius 2 is 1.55 bits per heavy atom. The molecule has 100 valence electrons. The largest absolute Gasteiger partial charge is 0.236 e. The molecule has 2 aromatic carbocycles. The van der Waals surface area contributed by atoms with Crippen molar-refractivity contribution in [1.82, 2.24) is 4.98 Å². The lowest BCUT2D eigenvalue weighted by molar-refractivity contribution is 1.40. The molecule has 0 fully saturated rings. The topological polar surface area (TPSA) is 12.9 Å². The molecule has 1 nitrogen and oxygen atoms in total. The first-order valence-corrected chi connectivity index (χ1v) is 7.82. The molecular formula is C15H8Cl3NS. The number of hydrogen-bond donors (Lipinski definition) is 0. The number of thiazole rings is 1. The van der Waals surface area contributed by atoms with Crippen LogP contribution in [0.3, 0.4) is 0 Å². The fourth-order valence-electron chi connectivity index (χ4n) is 1.82. The predicted molar refractivity (Wildman–Crippen MR) is 88.0 cm³/mol. The highest BCUT2D eigenvalue weighted by molar-refractivity contribution is 7.13. The average Bonchev–Trinajstić information content (AvgIpc) is 2.92. The van der Waals surface area contributed by atoms with E-state index in [0.717, 1.165) is 21.8 Å². The highest BCUT2D eigenvalue weighted by Crippen LogP contribution is 2.34. The zero-order valence-corrected chi connectivity index (χ0v) is 13.2. The Hall–Kier alpha value is -1.06. The van der Waals surface area contributed by atoms with Gasteiger partial charge in [0, 0.05) is 26.6 Å². The molecule has 0 bridgehead atoms. The molecule has 0 aliphatic heterocycles. The SMILES string of the molecule is Clc1ccc(-c2nc(-c3cc(Cl)ccc3Cl)cs2)cc1. The van der Waals surface area contributed by atoms with E-state index in [1.807, 2.05) is 35.7 Å². The van der Waals surface area contributed by atoms with Crippen molar-refractivity contribution in [3.8, 4) is 21.8 Å². The lowest BCUT2D eigenvalue weighted by Gasteiger charge is -2.01. The molecule has 0 aliphatic carbocycles. The monoisotopic (exact) mass is 339 g/mol. The Bertz CT molecular complexity index is 750. The number of halogens is 3. The number of nitrogens with zero attached hydrogens (tertiary/aromatic N) is 1.